The summed E-state index contributed by atoms with van der Waals surface area (Å²) in [5.41, 5.74) is 0.670. The molecule has 12 nitrogen and oxygen atoms in total. The molecule has 3 aromatic heterocycles. The molecule has 6 rings (SSSR count). The zero-order valence-electron chi connectivity index (χ0n) is 30.0. The molecule has 0 saturated carbocycles. The molecule has 56 heavy (non-hydrogen) atoms. The number of ether oxygens (including phenoxy) is 3. The van der Waals surface area contributed by atoms with Gasteiger partial charge in [-0.05, 0) is 48.4 Å². The third-order valence-electron chi connectivity index (χ3n) is 9.36. The maximum absolute atomic E-state index is 13.2. The monoisotopic (exact) mass is 849 g/mol. The van der Waals surface area contributed by atoms with E-state index in [4.69, 9.17) is 9.47 Å². The van der Waals surface area contributed by atoms with Crippen LogP contribution in [0.25, 0.3) is 10.2 Å². The molecule has 0 bridgehead atoms. The lowest BCUT2D eigenvalue weighted by Gasteiger charge is -2.47. The molecule has 2 aliphatic heterocycles. The number of esters is 2. The number of thiazole rings is 2. The molecule has 1 atom stereocenters. The zero-order valence-corrected chi connectivity index (χ0v) is 32.5. The van der Waals surface area contributed by atoms with E-state index in [-0.39, 0.29) is 40.7 Å². The number of aromatic nitrogens is 2. The van der Waals surface area contributed by atoms with E-state index in [1.54, 1.807) is 0 Å². The summed E-state index contributed by atoms with van der Waals surface area (Å²) in [6, 6.07) is 3.95. The van der Waals surface area contributed by atoms with Crippen LogP contribution in [0.3, 0.4) is 0 Å². The van der Waals surface area contributed by atoms with E-state index in [9.17, 15) is 45.5 Å². The SMILES string of the molecule is CC(C)c1nc(C(=O)N2CCOC3(CCN(Cc4csc(CCNC[C@H](OC(=O)C(F)(F)F)c5ccc(OC(=O)C(F)(F)F)c6[nH]c(=O)sc56)c4)CC3)C2)cs1. The van der Waals surface area contributed by atoms with Crippen LogP contribution in [0.2, 0.25) is 0 Å². The third-order valence-corrected chi connectivity index (χ3v) is 12.5. The number of carbonyl (C=O) groups excluding carboxylic acids is 3. The minimum absolute atomic E-state index is 0.0708. The van der Waals surface area contributed by atoms with Gasteiger partial charge < -0.3 is 29.4 Å². The van der Waals surface area contributed by atoms with E-state index in [0.717, 1.165) is 53.5 Å². The number of fused-ring (bicyclic) bond motifs is 1. The number of hydrogen-bond donors (Lipinski definition) is 2. The number of H-pyrrole nitrogens is 1. The summed E-state index contributed by atoms with van der Waals surface area (Å²) in [4.78, 5) is 59.8. The van der Waals surface area contributed by atoms with Gasteiger partial charge in [0.25, 0.3) is 5.91 Å². The van der Waals surface area contributed by atoms with Crippen molar-refractivity contribution in [3.63, 3.8) is 0 Å². The number of halogens is 6. The van der Waals surface area contributed by atoms with E-state index in [2.05, 4.69) is 24.9 Å². The predicted octanol–water partition coefficient (Wildman–Crippen LogP) is 6.18. The quantitative estimate of drug-likeness (QED) is 0.0734. The summed E-state index contributed by atoms with van der Waals surface area (Å²) in [5, 5.41) is 7.75. The highest BCUT2D eigenvalue weighted by Crippen LogP contribution is 2.36. The molecule has 2 N–H and O–H groups in total. The molecule has 304 valence electrons. The van der Waals surface area contributed by atoms with E-state index in [1.807, 2.05) is 35.6 Å². The fourth-order valence-corrected chi connectivity index (χ4v) is 9.14. The van der Waals surface area contributed by atoms with Crippen molar-refractivity contribution in [3.05, 3.63) is 65.3 Å². The molecule has 0 aliphatic carbocycles. The van der Waals surface area contributed by atoms with Gasteiger partial charge >= 0.3 is 29.2 Å². The van der Waals surface area contributed by atoms with Gasteiger partial charge in [-0.3, -0.25) is 14.5 Å². The van der Waals surface area contributed by atoms with E-state index in [0.29, 0.717) is 49.7 Å². The van der Waals surface area contributed by atoms with Crippen LogP contribution in [0.1, 0.15) is 70.2 Å². The fraction of sp³-hybridized carbons (Fsp3) is 0.514. The summed E-state index contributed by atoms with van der Waals surface area (Å²) in [5.74, 6) is -5.57. The van der Waals surface area contributed by atoms with Gasteiger partial charge in [-0.2, -0.15) is 26.3 Å². The van der Waals surface area contributed by atoms with Crippen LogP contribution in [0, 0.1) is 0 Å². The molecule has 0 radical (unpaired) electrons. The summed E-state index contributed by atoms with van der Waals surface area (Å²) in [7, 11) is 0. The third kappa shape index (κ3) is 9.97. The van der Waals surface area contributed by atoms with Crippen molar-refractivity contribution >= 4 is 62.1 Å². The largest absolute Gasteiger partial charge is 0.491 e. The second-order valence-corrected chi connectivity index (χ2v) is 16.7. The van der Waals surface area contributed by atoms with Crippen molar-refractivity contribution in [2.24, 2.45) is 0 Å². The molecule has 2 fully saturated rings. The highest BCUT2D eigenvalue weighted by Gasteiger charge is 2.44. The van der Waals surface area contributed by atoms with E-state index < -0.39 is 46.6 Å². The first-order chi connectivity index (χ1) is 26.4. The minimum Gasteiger partial charge on any atom is -0.449 e. The van der Waals surface area contributed by atoms with Crippen LogP contribution in [0.5, 0.6) is 5.75 Å². The Morgan fingerprint density at radius 1 is 1.04 bits per heavy atom. The lowest BCUT2D eigenvalue weighted by molar-refractivity contribution is -0.205. The summed E-state index contributed by atoms with van der Waals surface area (Å²) < 4.78 is 93.4. The molecular formula is C35H37F6N5O7S3. The minimum atomic E-state index is -5.35. The molecule has 0 unspecified atom stereocenters. The molecule has 4 aromatic rings. The number of benzene rings is 1. The predicted molar refractivity (Wildman–Crippen MR) is 195 cm³/mol. The molecule has 2 aliphatic rings. The van der Waals surface area contributed by atoms with Crippen molar-refractivity contribution < 1.29 is 54.9 Å². The molecular weight excluding hydrogens is 813 g/mol. The van der Waals surface area contributed by atoms with Crippen molar-refractivity contribution in [2.75, 3.05) is 45.9 Å². The smallest absolute Gasteiger partial charge is 0.449 e. The number of thiophene rings is 1. The normalized spacial score (nSPS) is 17.1. The maximum Gasteiger partial charge on any atom is 0.491 e. The average molecular weight is 850 g/mol. The standard InChI is InChI=1S/C35H37F6N5O7S3/c1-19(2)28-43-23(17-55-28)29(47)46-11-12-51-33(18-46)6-9-45(10-7-33)15-20-13-21(54-16-20)5-8-42-14-25(53-31(49)35(39,40)41)22-3-4-24(52-30(48)34(36,37)38)26-27(22)56-32(50)44-26/h3-4,13,16-17,19,25,42H,5-12,14-15,18H2,1-2H3,(H,44,50)/t25-/m0/s1. The summed E-state index contributed by atoms with van der Waals surface area (Å²) in [6.07, 6.45) is -10.3. The van der Waals surface area contributed by atoms with Gasteiger partial charge in [0.15, 0.2) is 5.75 Å². The maximum atomic E-state index is 13.2. The average Bonchev–Trinajstić information content (AvgIpc) is 3.90. The Balaban J connectivity index is 1.02. The van der Waals surface area contributed by atoms with Gasteiger partial charge in [0.2, 0.25) is 0 Å². The molecule has 5 heterocycles. The first-order valence-corrected chi connectivity index (χ1v) is 20.1. The number of piperidine rings is 1. The van der Waals surface area contributed by atoms with Gasteiger partial charge in [-0.15, -0.1) is 22.7 Å². The number of carbonyl (C=O) groups is 3. The highest BCUT2D eigenvalue weighted by molar-refractivity contribution is 7.16. The van der Waals surface area contributed by atoms with Crippen LogP contribution in [-0.4, -0.2) is 101 Å². The van der Waals surface area contributed by atoms with Gasteiger partial charge in [-0.25, -0.2) is 14.6 Å². The Hall–Kier alpha value is -3.89. The van der Waals surface area contributed by atoms with Crippen molar-refractivity contribution in [2.45, 2.75) is 69.6 Å². The number of nitrogens with zero attached hydrogens (tertiary/aromatic N) is 3. The zero-order chi connectivity index (χ0) is 40.4. The number of amides is 1. The van der Waals surface area contributed by atoms with Crippen molar-refractivity contribution in [3.8, 4) is 5.75 Å². The number of nitrogens with one attached hydrogen (secondary N) is 2. The fourth-order valence-electron chi connectivity index (χ4n) is 6.53. The second-order valence-electron chi connectivity index (χ2n) is 13.8. The van der Waals surface area contributed by atoms with Crippen LogP contribution < -0.4 is 14.9 Å². The lowest BCUT2D eigenvalue weighted by atomic mass is 9.89. The molecule has 21 heteroatoms. The number of likely N-dealkylation sites (tertiary alicyclic amines) is 1. The number of alkyl halides is 6. The number of hydrogen-bond acceptors (Lipinski definition) is 13. The highest BCUT2D eigenvalue weighted by atomic mass is 32.1. The first-order valence-electron chi connectivity index (χ1n) is 17.5. The number of aromatic amines is 1. The van der Waals surface area contributed by atoms with Crippen molar-refractivity contribution in [1.29, 1.82) is 0 Å². The van der Waals surface area contributed by atoms with Gasteiger partial charge in [-0.1, -0.05) is 25.2 Å². The first kappa shape index (κ1) is 41.7. The molecule has 1 spiro atoms. The van der Waals surface area contributed by atoms with E-state index in [1.165, 1.54) is 22.7 Å². The van der Waals surface area contributed by atoms with Gasteiger partial charge in [0.05, 0.1) is 28.5 Å². The summed E-state index contributed by atoms with van der Waals surface area (Å²) in [6.45, 7) is 7.74. The topological polar surface area (TPSA) is 143 Å². The number of morpholine rings is 1. The second kappa shape index (κ2) is 16.9. The van der Waals surface area contributed by atoms with E-state index >= 15 is 0 Å². The molecule has 1 aromatic carbocycles. The Morgan fingerprint density at radius 3 is 2.45 bits per heavy atom. The lowest BCUT2D eigenvalue weighted by Crippen LogP contribution is -2.57. The number of rotatable bonds is 12. The van der Waals surface area contributed by atoms with Crippen LogP contribution in [0.15, 0.2) is 33.8 Å². The van der Waals surface area contributed by atoms with Crippen LogP contribution in [-0.2, 0) is 32.0 Å². The van der Waals surface area contributed by atoms with Gasteiger partial charge in [0.1, 0.15) is 17.3 Å². The molecule has 1 amide bonds. The Morgan fingerprint density at radius 2 is 1.77 bits per heavy atom. The molecule has 2 saturated heterocycles. The summed E-state index contributed by atoms with van der Waals surface area (Å²) >= 11 is 3.45. The Bertz CT molecular complexity index is 2100. The Kier molecular flexibility index (Phi) is 12.6. The van der Waals surface area contributed by atoms with Crippen LogP contribution in [0.4, 0.5) is 26.3 Å². The van der Waals surface area contributed by atoms with Gasteiger partial charge in [0, 0.05) is 61.0 Å². The van der Waals surface area contributed by atoms with Crippen molar-refractivity contribution in [1.82, 2.24) is 25.1 Å². The Labute approximate surface area is 327 Å². The van der Waals surface area contributed by atoms with Crippen LogP contribution >= 0.6 is 34.0 Å².